The molecule has 1 N–H and O–H groups in total. The molecule has 0 spiro atoms. The molecule has 0 saturated heterocycles. The summed E-state index contributed by atoms with van der Waals surface area (Å²) in [7, 11) is 0. The van der Waals surface area contributed by atoms with Gasteiger partial charge in [0.2, 0.25) is 0 Å². The number of aromatic nitrogens is 3. The topological polar surface area (TPSA) is 33.6 Å². The van der Waals surface area contributed by atoms with E-state index in [4.69, 9.17) is 12.2 Å². The maximum absolute atomic E-state index is 5.05. The third kappa shape index (κ3) is 2.35. The second-order valence-electron chi connectivity index (χ2n) is 2.58. The molecule has 0 aliphatic heterocycles. The Kier molecular flexibility index (Phi) is 3.81. The highest BCUT2D eigenvalue weighted by molar-refractivity contribution is 7.99. The Labute approximate surface area is 81.6 Å². The van der Waals surface area contributed by atoms with Gasteiger partial charge in [-0.2, -0.15) is 16.9 Å². The van der Waals surface area contributed by atoms with Crippen molar-refractivity contribution in [3.05, 3.63) is 11.1 Å². The Balaban J connectivity index is 2.59. The van der Waals surface area contributed by atoms with Gasteiger partial charge in [-0.15, -0.1) is 0 Å². The largest absolute Gasteiger partial charge is 0.303 e. The van der Waals surface area contributed by atoms with Crippen LogP contribution >= 0.6 is 24.0 Å². The zero-order valence-corrected chi connectivity index (χ0v) is 8.91. The molecule has 0 amide bonds. The summed E-state index contributed by atoms with van der Waals surface area (Å²) in [5, 5.41) is 6.62. The van der Waals surface area contributed by atoms with E-state index in [9.17, 15) is 0 Å². The van der Waals surface area contributed by atoms with Gasteiger partial charge in [-0.25, -0.2) is 0 Å². The van der Waals surface area contributed by atoms with E-state index in [-0.39, 0.29) is 0 Å². The van der Waals surface area contributed by atoms with Crippen molar-refractivity contribution in [2.24, 2.45) is 0 Å². The first kappa shape index (κ1) is 9.80. The van der Waals surface area contributed by atoms with Gasteiger partial charge in [-0.05, 0) is 24.9 Å². The van der Waals surface area contributed by atoms with Gasteiger partial charge in [0.15, 0.2) is 4.77 Å². The van der Waals surface area contributed by atoms with Crippen molar-refractivity contribution in [1.82, 2.24) is 14.8 Å². The number of nitrogens with zero attached hydrogens (tertiary/aromatic N) is 2. The Morgan fingerprint density at radius 2 is 2.58 bits per heavy atom. The molecule has 0 bridgehead atoms. The number of H-pyrrole nitrogens is 1. The molecule has 1 heterocycles. The van der Waals surface area contributed by atoms with Crippen LogP contribution in [0.25, 0.3) is 0 Å². The highest BCUT2D eigenvalue weighted by Crippen LogP contribution is 2.12. The number of rotatable bonds is 4. The monoisotopic (exact) mass is 203 g/mol. The van der Waals surface area contributed by atoms with Gasteiger partial charge >= 0.3 is 0 Å². The summed E-state index contributed by atoms with van der Waals surface area (Å²) in [5.41, 5.74) is 0. The molecular formula is C7H13N3S2. The van der Waals surface area contributed by atoms with E-state index in [0.717, 1.165) is 11.5 Å². The Hall–Kier alpha value is -0.290. The van der Waals surface area contributed by atoms with Crippen LogP contribution in [-0.2, 0) is 0 Å². The summed E-state index contributed by atoms with van der Waals surface area (Å²) >= 11 is 6.96. The van der Waals surface area contributed by atoms with E-state index in [0.29, 0.717) is 10.8 Å². The molecule has 1 aromatic heterocycles. The second kappa shape index (κ2) is 4.67. The third-order valence-corrected chi connectivity index (χ3v) is 3.04. The normalized spacial score (nSPS) is 13.2. The molecule has 0 radical (unpaired) electrons. The fourth-order valence-corrected chi connectivity index (χ4v) is 1.96. The van der Waals surface area contributed by atoms with E-state index in [1.807, 2.05) is 16.3 Å². The van der Waals surface area contributed by atoms with Gasteiger partial charge < -0.3 is 4.57 Å². The highest BCUT2D eigenvalue weighted by Gasteiger charge is 2.04. The molecule has 5 heteroatoms. The zero-order valence-electron chi connectivity index (χ0n) is 7.28. The average molecular weight is 203 g/mol. The first-order chi connectivity index (χ1) is 5.75. The van der Waals surface area contributed by atoms with Crippen LogP contribution < -0.4 is 0 Å². The standard InChI is InChI=1S/C7H13N3S2/c1-3-12-4-6(2)10-5-8-9-7(10)11/h5-6H,3-4H2,1-2H3,(H,9,11). The molecule has 68 valence electrons. The van der Waals surface area contributed by atoms with Crippen molar-refractivity contribution >= 4 is 24.0 Å². The number of nitrogens with one attached hydrogen (secondary N) is 1. The van der Waals surface area contributed by atoms with Gasteiger partial charge in [0, 0.05) is 11.8 Å². The van der Waals surface area contributed by atoms with Crippen molar-refractivity contribution in [3.63, 3.8) is 0 Å². The number of thioether (sulfide) groups is 1. The number of hydrogen-bond acceptors (Lipinski definition) is 3. The molecule has 1 aromatic rings. The highest BCUT2D eigenvalue weighted by atomic mass is 32.2. The van der Waals surface area contributed by atoms with E-state index >= 15 is 0 Å². The lowest BCUT2D eigenvalue weighted by Gasteiger charge is -2.10. The Morgan fingerprint density at radius 3 is 3.08 bits per heavy atom. The van der Waals surface area contributed by atoms with Gasteiger partial charge in [0.25, 0.3) is 0 Å². The summed E-state index contributed by atoms with van der Waals surface area (Å²) < 4.78 is 2.69. The summed E-state index contributed by atoms with van der Waals surface area (Å²) in [4.78, 5) is 0. The van der Waals surface area contributed by atoms with Crippen molar-refractivity contribution in [2.75, 3.05) is 11.5 Å². The molecule has 3 nitrogen and oxygen atoms in total. The fraction of sp³-hybridized carbons (Fsp3) is 0.714. The number of aromatic amines is 1. The van der Waals surface area contributed by atoms with Gasteiger partial charge in [0.1, 0.15) is 6.33 Å². The van der Waals surface area contributed by atoms with Crippen molar-refractivity contribution in [2.45, 2.75) is 19.9 Å². The molecule has 1 rings (SSSR count). The average Bonchev–Trinajstić information content (AvgIpc) is 2.47. The summed E-state index contributed by atoms with van der Waals surface area (Å²) in [6, 6.07) is 0.432. The molecule has 0 saturated carbocycles. The maximum atomic E-state index is 5.05. The fourth-order valence-electron chi connectivity index (χ4n) is 0.939. The van der Waals surface area contributed by atoms with Gasteiger partial charge in [-0.1, -0.05) is 6.92 Å². The van der Waals surface area contributed by atoms with Crippen LogP contribution in [0.5, 0.6) is 0 Å². The van der Waals surface area contributed by atoms with Crippen LogP contribution in [-0.4, -0.2) is 26.3 Å². The molecule has 0 aliphatic carbocycles. The predicted octanol–water partition coefficient (Wildman–Crippen LogP) is 2.25. The third-order valence-electron chi connectivity index (χ3n) is 1.61. The van der Waals surface area contributed by atoms with E-state index < -0.39 is 0 Å². The lowest BCUT2D eigenvalue weighted by atomic mass is 10.4. The lowest BCUT2D eigenvalue weighted by Crippen LogP contribution is -2.06. The minimum absolute atomic E-state index is 0.432. The molecule has 0 fully saturated rings. The van der Waals surface area contributed by atoms with E-state index in [1.165, 1.54) is 0 Å². The smallest absolute Gasteiger partial charge is 0.195 e. The van der Waals surface area contributed by atoms with Crippen molar-refractivity contribution in [1.29, 1.82) is 0 Å². The SMILES string of the molecule is CCSCC(C)n1cn[nH]c1=S. The van der Waals surface area contributed by atoms with Gasteiger partial charge in [-0.3, -0.25) is 5.10 Å². The summed E-state index contributed by atoms with van der Waals surface area (Å²) in [6.45, 7) is 4.31. The van der Waals surface area contributed by atoms with Gasteiger partial charge in [0.05, 0.1) is 0 Å². The minimum Gasteiger partial charge on any atom is -0.303 e. The van der Waals surface area contributed by atoms with Crippen molar-refractivity contribution < 1.29 is 0 Å². The van der Waals surface area contributed by atoms with Crippen LogP contribution in [0.3, 0.4) is 0 Å². The molecular weight excluding hydrogens is 190 g/mol. The van der Waals surface area contributed by atoms with Crippen LogP contribution in [0.1, 0.15) is 19.9 Å². The molecule has 12 heavy (non-hydrogen) atoms. The van der Waals surface area contributed by atoms with E-state index in [1.54, 1.807) is 6.33 Å². The molecule has 0 aliphatic rings. The van der Waals surface area contributed by atoms with Crippen LogP contribution in [0, 0.1) is 4.77 Å². The summed E-state index contributed by atoms with van der Waals surface area (Å²) in [5.74, 6) is 2.24. The lowest BCUT2D eigenvalue weighted by molar-refractivity contribution is 0.600. The first-order valence-corrected chi connectivity index (χ1v) is 5.51. The number of hydrogen-bond donors (Lipinski definition) is 1. The molecule has 0 aromatic carbocycles. The van der Waals surface area contributed by atoms with Crippen LogP contribution in [0.2, 0.25) is 0 Å². The van der Waals surface area contributed by atoms with E-state index in [2.05, 4.69) is 24.0 Å². The predicted molar refractivity (Wildman–Crippen MR) is 55.1 cm³/mol. The molecule has 1 unspecified atom stereocenters. The molecule has 1 atom stereocenters. The maximum Gasteiger partial charge on any atom is 0.195 e. The Bertz CT molecular complexity index is 278. The van der Waals surface area contributed by atoms with Crippen LogP contribution in [0.4, 0.5) is 0 Å². The van der Waals surface area contributed by atoms with Crippen molar-refractivity contribution in [3.8, 4) is 0 Å². The first-order valence-electron chi connectivity index (χ1n) is 3.95. The minimum atomic E-state index is 0.432. The van der Waals surface area contributed by atoms with Crippen LogP contribution in [0.15, 0.2) is 6.33 Å². The Morgan fingerprint density at radius 1 is 1.83 bits per heavy atom. The quantitative estimate of drug-likeness (QED) is 0.762. The summed E-state index contributed by atoms with van der Waals surface area (Å²) in [6.07, 6.45) is 1.75. The second-order valence-corrected chi connectivity index (χ2v) is 4.28. The zero-order chi connectivity index (χ0) is 8.97.